The van der Waals surface area contributed by atoms with Gasteiger partial charge in [-0.15, -0.1) is 0 Å². The molecule has 1 aromatic heterocycles. The Labute approximate surface area is 195 Å². The lowest BCUT2D eigenvalue weighted by atomic mass is 10.0. The summed E-state index contributed by atoms with van der Waals surface area (Å²) in [5.41, 5.74) is 8.51. The fourth-order valence-electron chi connectivity index (χ4n) is 4.60. The van der Waals surface area contributed by atoms with Gasteiger partial charge < -0.3 is 4.57 Å². The second-order valence-corrected chi connectivity index (χ2v) is 8.89. The van der Waals surface area contributed by atoms with E-state index in [1.165, 1.54) is 49.7 Å². The smallest absolute Gasteiger partial charge is 0.0542 e. The van der Waals surface area contributed by atoms with Crippen LogP contribution in [0.3, 0.4) is 0 Å². The molecule has 0 aliphatic heterocycles. The molecule has 0 fully saturated rings. The molecule has 0 saturated carbocycles. The fraction of sp³-hybridized carbons (Fsp3) is 0. The molecule has 32 heavy (non-hydrogen) atoms. The topological polar surface area (TPSA) is 4.93 Å². The summed E-state index contributed by atoms with van der Waals surface area (Å²) in [6, 6.07) is 43.2. The molecule has 1 heterocycles. The van der Waals surface area contributed by atoms with E-state index >= 15 is 0 Å². The summed E-state index contributed by atoms with van der Waals surface area (Å²) < 4.78 is 3.49. The van der Waals surface area contributed by atoms with Crippen molar-refractivity contribution in [1.29, 1.82) is 0 Å². The van der Waals surface area contributed by atoms with E-state index in [4.69, 9.17) is 0 Å². The summed E-state index contributed by atoms with van der Waals surface area (Å²) in [5, 5.41) is 2.50. The van der Waals surface area contributed by atoms with Crippen molar-refractivity contribution in [1.82, 2.24) is 4.57 Å². The van der Waals surface area contributed by atoms with Gasteiger partial charge in [-0.3, -0.25) is 0 Å². The fourth-order valence-corrected chi connectivity index (χ4v) is 4.96. The maximum Gasteiger partial charge on any atom is 0.0542 e. The van der Waals surface area contributed by atoms with Gasteiger partial charge in [-0.05, 0) is 53.1 Å². The molecule has 0 amide bonds. The van der Waals surface area contributed by atoms with Crippen molar-refractivity contribution in [2.75, 3.05) is 0 Å². The quantitative estimate of drug-likeness (QED) is 0.241. The van der Waals surface area contributed by atoms with Crippen LogP contribution in [0.5, 0.6) is 0 Å². The predicted molar refractivity (Wildman–Crippen MR) is 139 cm³/mol. The molecule has 0 radical (unpaired) electrons. The van der Waals surface area contributed by atoms with Gasteiger partial charge in [-0.25, -0.2) is 0 Å². The van der Waals surface area contributed by atoms with Gasteiger partial charge in [-0.1, -0.05) is 101 Å². The normalized spacial score (nSPS) is 11.3. The SMILES string of the molecule is Brc1ccc2c(c1)c1cc(-c3ccccc3)ccc1n2-c1ccccc1-c1ccccc1. The number of fused-ring (bicyclic) bond motifs is 3. The van der Waals surface area contributed by atoms with Gasteiger partial charge in [0, 0.05) is 20.8 Å². The first-order valence-electron chi connectivity index (χ1n) is 10.7. The average Bonchev–Trinajstić information content (AvgIpc) is 3.18. The highest BCUT2D eigenvalue weighted by atomic mass is 79.9. The minimum absolute atomic E-state index is 1.09. The first kappa shape index (κ1) is 19.1. The lowest BCUT2D eigenvalue weighted by molar-refractivity contribution is 1.18. The van der Waals surface area contributed by atoms with Crippen molar-refractivity contribution in [3.05, 3.63) is 126 Å². The van der Waals surface area contributed by atoms with Crippen molar-refractivity contribution >= 4 is 37.7 Å². The van der Waals surface area contributed by atoms with Crippen molar-refractivity contribution in [3.8, 4) is 27.9 Å². The van der Waals surface area contributed by atoms with Gasteiger partial charge in [0.2, 0.25) is 0 Å². The molecule has 0 spiro atoms. The minimum atomic E-state index is 1.09. The van der Waals surface area contributed by atoms with E-state index in [9.17, 15) is 0 Å². The van der Waals surface area contributed by atoms with Crippen molar-refractivity contribution < 1.29 is 0 Å². The first-order chi connectivity index (χ1) is 15.8. The van der Waals surface area contributed by atoms with Gasteiger partial charge in [0.1, 0.15) is 0 Å². The van der Waals surface area contributed by atoms with Crippen LogP contribution < -0.4 is 0 Å². The maximum absolute atomic E-state index is 3.69. The molecule has 0 saturated heterocycles. The second-order valence-electron chi connectivity index (χ2n) is 7.98. The van der Waals surface area contributed by atoms with Crippen LogP contribution in [0.1, 0.15) is 0 Å². The first-order valence-corrected chi connectivity index (χ1v) is 11.5. The lowest BCUT2D eigenvalue weighted by Crippen LogP contribution is -1.97. The zero-order valence-electron chi connectivity index (χ0n) is 17.4. The Morgan fingerprint density at radius 3 is 1.81 bits per heavy atom. The number of hydrogen-bond acceptors (Lipinski definition) is 0. The van der Waals surface area contributed by atoms with E-state index in [-0.39, 0.29) is 0 Å². The number of aromatic nitrogens is 1. The predicted octanol–water partition coefficient (Wildman–Crippen LogP) is 8.88. The number of rotatable bonds is 3. The molecule has 6 rings (SSSR count). The van der Waals surface area contributed by atoms with E-state index < -0.39 is 0 Å². The molecule has 0 bridgehead atoms. The molecule has 0 N–H and O–H groups in total. The number of para-hydroxylation sites is 1. The molecule has 2 heteroatoms. The highest BCUT2D eigenvalue weighted by Gasteiger charge is 2.16. The number of benzene rings is 5. The summed E-state index contributed by atoms with van der Waals surface area (Å²) in [5.74, 6) is 0. The third kappa shape index (κ3) is 3.16. The van der Waals surface area contributed by atoms with Gasteiger partial charge >= 0.3 is 0 Å². The Morgan fingerprint density at radius 2 is 1.06 bits per heavy atom. The number of halogens is 1. The van der Waals surface area contributed by atoms with Crippen molar-refractivity contribution in [3.63, 3.8) is 0 Å². The van der Waals surface area contributed by atoms with Crippen LogP contribution >= 0.6 is 15.9 Å². The van der Waals surface area contributed by atoms with Crippen molar-refractivity contribution in [2.24, 2.45) is 0 Å². The Bertz CT molecular complexity index is 1560. The van der Waals surface area contributed by atoms with Crippen molar-refractivity contribution in [2.45, 2.75) is 0 Å². The van der Waals surface area contributed by atoms with Crippen LogP contribution in [0.2, 0.25) is 0 Å². The third-order valence-electron chi connectivity index (χ3n) is 6.06. The zero-order valence-corrected chi connectivity index (χ0v) is 19.0. The molecule has 0 unspecified atom stereocenters. The second kappa shape index (κ2) is 7.81. The standard InChI is InChI=1S/C30H20BrN/c31-24-16-18-30-27(20-24)26-19-23(21-9-3-1-4-10-21)15-17-29(26)32(30)28-14-8-7-13-25(28)22-11-5-2-6-12-22/h1-20H. The van der Waals surface area contributed by atoms with E-state index in [1.54, 1.807) is 0 Å². The zero-order chi connectivity index (χ0) is 21.5. The average molecular weight is 474 g/mol. The van der Waals surface area contributed by atoms with E-state index in [1.807, 2.05) is 0 Å². The van der Waals surface area contributed by atoms with E-state index in [0.717, 1.165) is 4.47 Å². The number of nitrogens with zero attached hydrogens (tertiary/aromatic N) is 1. The van der Waals surface area contributed by atoms with Gasteiger partial charge in [0.25, 0.3) is 0 Å². The minimum Gasteiger partial charge on any atom is -0.309 e. The van der Waals surface area contributed by atoms with Crippen LogP contribution in [0, 0.1) is 0 Å². The van der Waals surface area contributed by atoms with Crippen LogP contribution in [0.15, 0.2) is 126 Å². The lowest BCUT2D eigenvalue weighted by Gasteiger charge is -2.14. The molecule has 6 aromatic rings. The van der Waals surface area contributed by atoms with Crippen LogP contribution in [0.25, 0.3) is 49.7 Å². The largest absolute Gasteiger partial charge is 0.309 e. The summed E-state index contributed by atoms with van der Waals surface area (Å²) in [7, 11) is 0. The van der Waals surface area contributed by atoms with Crippen LogP contribution in [-0.2, 0) is 0 Å². The van der Waals surface area contributed by atoms with Gasteiger partial charge in [-0.2, -0.15) is 0 Å². The number of hydrogen-bond donors (Lipinski definition) is 0. The highest BCUT2D eigenvalue weighted by Crippen LogP contribution is 2.38. The summed E-state index contributed by atoms with van der Waals surface area (Å²) >= 11 is 3.69. The molecule has 1 nitrogen and oxygen atoms in total. The summed E-state index contributed by atoms with van der Waals surface area (Å²) in [4.78, 5) is 0. The molecular formula is C30H20BrN. The van der Waals surface area contributed by atoms with Gasteiger partial charge in [0.15, 0.2) is 0 Å². The van der Waals surface area contributed by atoms with Crippen LogP contribution in [0.4, 0.5) is 0 Å². The summed E-state index contributed by atoms with van der Waals surface area (Å²) in [6.45, 7) is 0. The maximum atomic E-state index is 3.69. The molecule has 0 aliphatic carbocycles. The Morgan fingerprint density at radius 1 is 0.469 bits per heavy atom. The molecule has 0 aliphatic rings. The third-order valence-corrected chi connectivity index (χ3v) is 6.56. The molecule has 0 atom stereocenters. The Kier molecular flexibility index (Phi) is 4.66. The summed E-state index contributed by atoms with van der Waals surface area (Å²) in [6.07, 6.45) is 0. The molecule has 152 valence electrons. The van der Waals surface area contributed by atoms with Gasteiger partial charge in [0.05, 0.1) is 16.7 Å². The Balaban J connectivity index is 1.69. The van der Waals surface area contributed by atoms with E-state index in [2.05, 4.69) is 142 Å². The molecular weight excluding hydrogens is 454 g/mol. The Hall–Kier alpha value is -3.62. The highest BCUT2D eigenvalue weighted by molar-refractivity contribution is 9.10. The monoisotopic (exact) mass is 473 g/mol. The van der Waals surface area contributed by atoms with Crippen LogP contribution in [-0.4, -0.2) is 4.57 Å². The van der Waals surface area contributed by atoms with E-state index in [0.29, 0.717) is 0 Å². The molecule has 5 aromatic carbocycles.